The molecule has 1 N–H and O–H groups in total. The van der Waals surface area contributed by atoms with Crippen molar-refractivity contribution in [3.05, 3.63) is 0 Å². The largest absolute Gasteiger partial charge is 0.510 e. The summed E-state index contributed by atoms with van der Waals surface area (Å²) in [5.41, 5.74) is 0. The molecule has 0 aromatic heterocycles. The summed E-state index contributed by atoms with van der Waals surface area (Å²) >= 11 is 0. The lowest BCUT2D eigenvalue weighted by molar-refractivity contribution is -0.0203. The fourth-order valence-corrected chi connectivity index (χ4v) is 1.40. The zero-order valence-corrected chi connectivity index (χ0v) is 11.3. The molecule has 8 heteroatoms. The van der Waals surface area contributed by atoms with Crippen LogP contribution < -0.4 is 0 Å². The number of phosphoric acid groups is 1. The molecule has 0 fully saturated rings. The van der Waals surface area contributed by atoms with E-state index in [0.29, 0.717) is 0 Å². The standard InChI is InChI=1S/C9H19O7P/c1-7(2)5-14-17(11,12)15-6-13-9(10)16-8(3)4/h7-8H,5-6H2,1-4H3,(H,11,12). The van der Waals surface area contributed by atoms with Crippen LogP contribution in [-0.4, -0.2) is 30.6 Å². The number of phosphoric ester groups is 1. The van der Waals surface area contributed by atoms with Crippen LogP contribution in [0.1, 0.15) is 27.7 Å². The lowest BCUT2D eigenvalue weighted by Crippen LogP contribution is -2.14. The van der Waals surface area contributed by atoms with E-state index in [9.17, 15) is 9.36 Å². The molecule has 0 aliphatic heterocycles. The molecule has 1 unspecified atom stereocenters. The van der Waals surface area contributed by atoms with Crippen molar-refractivity contribution in [2.75, 3.05) is 13.4 Å². The van der Waals surface area contributed by atoms with E-state index in [-0.39, 0.29) is 18.6 Å². The molecule has 0 bridgehead atoms. The fraction of sp³-hybridized carbons (Fsp3) is 0.889. The van der Waals surface area contributed by atoms with Crippen LogP contribution >= 0.6 is 7.82 Å². The quantitative estimate of drug-likeness (QED) is 0.431. The minimum atomic E-state index is -4.17. The predicted octanol–water partition coefficient (Wildman–Crippen LogP) is 2.30. The van der Waals surface area contributed by atoms with Gasteiger partial charge in [0.15, 0.2) is 0 Å². The molecule has 0 aromatic carbocycles. The van der Waals surface area contributed by atoms with E-state index in [2.05, 4.69) is 18.5 Å². The summed E-state index contributed by atoms with van der Waals surface area (Å²) in [4.78, 5) is 20.0. The van der Waals surface area contributed by atoms with E-state index in [1.54, 1.807) is 13.8 Å². The summed E-state index contributed by atoms with van der Waals surface area (Å²) in [6, 6.07) is 0. The Morgan fingerprint density at radius 2 is 1.82 bits per heavy atom. The molecule has 7 nitrogen and oxygen atoms in total. The van der Waals surface area contributed by atoms with E-state index in [0.717, 1.165) is 0 Å². The Labute approximate surface area is 101 Å². The minimum Gasteiger partial charge on any atom is -0.432 e. The maximum Gasteiger partial charge on any atom is 0.510 e. The number of rotatable bonds is 7. The molecule has 0 amide bonds. The predicted molar refractivity (Wildman–Crippen MR) is 59.3 cm³/mol. The van der Waals surface area contributed by atoms with Crippen molar-refractivity contribution in [1.29, 1.82) is 0 Å². The van der Waals surface area contributed by atoms with E-state index in [1.165, 1.54) is 0 Å². The lowest BCUT2D eigenvalue weighted by Gasteiger charge is -2.13. The van der Waals surface area contributed by atoms with Crippen LogP contribution in [0.2, 0.25) is 0 Å². The SMILES string of the molecule is CC(C)COP(=O)(O)OCOC(=O)OC(C)C. The van der Waals surface area contributed by atoms with Gasteiger partial charge in [-0.3, -0.25) is 4.52 Å². The number of carbonyl (C=O) groups is 1. The van der Waals surface area contributed by atoms with Crippen LogP contribution in [0, 0.1) is 5.92 Å². The molecule has 0 saturated heterocycles. The second kappa shape index (κ2) is 7.66. The van der Waals surface area contributed by atoms with Gasteiger partial charge in [-0.15, -0.1) is 0 Å². The van der Waals surface area contributed by atoms with E-state index in [4.69, 9.17) is 4.89 Å². The highest BCUT2D eigenvalue weighted by atomic mass is 31.2. The lowest BCUT2D eigenvalue weighted by atomic mass is 10.2. The zero-order valence-electron chi connectivity index (χ0n) is 10.4. The van der Waals surface area contributed by atoms with Gasteiger partial charge in [0.1, 0.15) is 0 Å². The molecule has 0 spiro atoms. The van der Waals surface area contributed by atoms with Crippen molar-refractivity contribution < 1.29 is 32.8 Å². The fourth-order valence-electron chi connectivity index (χ4n) is 0.648. The molecular weight excluding hydrogens is 251 g/mol. The Kier molecular flexibility index (Phi) is 7.38. The Hall–Kier alpha value is -0.620. The van der Waals surface area contributed by atoms with Gasteiger partial charge in [0.05, 0.1) is 12.7 Å². The highest BCUT2D eigenvalue weighted by molar-refractivity contribution is 7.47. The van der Waals surface area contributed by atoms with E-state index < -0.39 is 20.8 Å². The maximum absolute atomic E-state index is 11.2. The van der Waals surface area contributed by atoms with Crippen molar-refractivity contribution in [3.8, 4) is 0 Å². The van der Waals surface area contributed by atoms with Crippen molar-refractivity contribution in [3.63, 3.8) is 0 Å². The summed E-state index contributed by atoms with van der Waals surface area (Å²) in [6.07, 6.45) is -1.30. The van der Waals surface area contributed by atoms with Gasteiger partial charge in [-0.2, -0.15) is 0 Å². The molecule has 0 radical (unpaired) electrons. The van der Waals surface area contributed by atoms with Crippen molar-refractivity contribution >= 4 is 14.0 Å². The molecule has 0 aromatic rings. The third kappa shape index (κ3) is 10.3. The molecule has 1 atom stereocenters. The molecule has 102 valence electrons. The van der Waals surface area contributed by atoms with Crippen LogP contribution in [0.3, 0.4) is 0 Å². The molecule has 0 aliphatic rings. The first-order chi connectivity index (χ1) is 7.73. The average molecular weight is 270 g/mol. The summed E-state index contributed by atoms with van der Waals surface area (Å²) in [7, 11) is -4.17. The van der Waals surface area contributed by atoms with Gasteiger partial charge in [-0.25, -0.2) is 13.9 Å². The Balaban J connectivity index is 3.79. The number of hydrogen-bond acceptors (Lipinski definition) is 6. The summed E-state index contributed by atoms with van der Waals surface area (Å²) in [6.45, 7) is 6.30. The van der Waals surface area contributed by atoms with Gasteiger partial charge < -0.3 is 14.4 Å². The van der Waals surface area contributed by atoms with E-state index >= 15 is 0 Å². The molecule has 0 aliphatic carbocycles. The van der Waals surface area contributed by atoms with Crippen LogP contribution in [0.15, 0.2) is 0 Å². The van der Waals surface area contributed by atoms with Crippen LogP contribution in [0.4, 0.5) is 4.79 Å². The Morgan fingerprint density at radius 3 is 2.29 bits per heavy atom. The third-order valence-electron chi connectivity index (χ3n) is 1.30. The molecule has 0 saturated carbocycles. The Morgan fingerprint density at radius 1 is 1.24 bits per heavy atom. The van der Waals surface area contributed by atoms with Gasteiger partial charge in [-0.05, 0) is 19.8 Å². The van der Waals surface area contributed by atoms with E-state index in [1.807, 2.05) is 13.8 Å². The monoisotopic (exact) mass is 270 g/mol. The third-order valence-corrected chi connectivity index (χ3v) is 2.20. The maximum atomic E-state index is 11.2. The van der Waals surface area contributed by atoms with Gasteiger partial charge in [0, 0.05) is 0 Å². The molecule has 17 heavy (non-hydrogen) atoms. The number of ether oxygens (including phenoxy) is 2. The van der Waals surface area contributed by atoms with Crippen LogP contribution in [0.5, 0.6) is 0 Å². The second-order valence-corrected chi connectivity index (χ2v) is 5.42. The highest BCUT2D eigenvalue weighted by Crippen LogP contribution is 2.43. The zero-order chi connectivity index (χ0) is 13.5. The Bertz CT molecular complexity index is 277. The highest BCUT2D eigenvalue weighted by Gasteiger charge is 2.22. The first-order valence-electron chi connectivity index (χ1n) is 5.18. The molecule has 0 rings (SSSR count). The summed E-state index contributed by atoms with van der Waals surface area (Å²) in [5.74, 6) is 0.0888. The first-order valence-corrected chi connectivity index (χ1v) is 6.67. The van der Waals surface area contributed by atoms with Crippen molar-refractivity contribution in [2.45, 2.75) is 33.8 Å². The summed E-state index contributed by atoms with van der Waals surface area (Å²) < 4.78 is 29.2. The minimum absolute atomic E-state index is 0.0736. The molecule has 0 heterocycles. The number of carbonyl (C=O) groups excluding carboxylic acids is 1. The van der Waals surface area contributed by atoms with Gasteiger partial charge in [0.2, 0.25) is 6.79 Å². The van der Waals surface area contributed by atoms with Gasteiger partial charge in [-0.1, -0.05) is 13.8 Å². The first kappa shape index (κ1) is 16.4. The van der Waals surface area contributed by atoms with Crippen LogP contribution in [-0.2, 0) is 23.1 Å². The van der Waals surface area contributed by atoms with Gasteiger partial charge >= 0.3 is 14.0 Å². The van der Waals surface area contributed by atoms with Crippen molar-refractivity contribution in [2.24, 2.45) is 5.92 Å². The average Bonchev–Trinajstić information content (AvgIpc) is 2.13. The number of hydrogen-bond donors (Lipinski definition) is 1. The second-order valence-electron chi connectivity index (χ2n) is 3.97. The van der Waals surface area contributed by atoms with Crippen molar-refractivity contribution in [1.82, 2.24) is 0 Å². The normalized spacial score (nSPS) is 14.8. The molecular formula is C9H19O7P. The summed E-state index contributed by atoms with van der Waals surface area (Å²) in [5, 5.41) is 0. The smallest absolute Gasteiger partial charge is 0.432 e. The van der Waals surface area contributed by atoms with Crippen LogP contribution in [0.25, 0.3) is 0 Å². The van der Waals surface area contributed by atoms with Gasteiger partial charge in [0.25, 0.3) is 0 Å². The topological polar surface area (TPSA) is 91.3 Å².